The Morgan fingerprint density at radius 1 is 1.40 bits per heavy atom. The van der Waals surface area contributed by atoms with E-state index in [1.54, 1.807) is 0 Å². The van der Waals surface area contributed by atoms with E-state index in [1.807, 2.05) is 0 Å². The van der Waals surface area contributed by atoms with E-state index in [1.165, 1.54) is 13.0 Å². The van der Waals surface area contributed by atoms with Crippen LogP contribution in [0.3, 0.4) is 0 Å². The maximum Gasteiger partial charge on any atom is 0.417 e. The molecule has 15 heavy (non-hydrogen) atoms. The van der Waals surface area contributed by atoms with E-state index < -0.39 is 23.2 Å². The van der Waals surface area contributed by atoms with Crippen molar-refractivity contribution in [2.24, 2.45) is 5.73 Å². The van der Waals surface area contributed by atoms with Crippen LogP contribution >= 0.6 is 15.9 Å². The van der Waals surface area contributed by atoms with Gasteiger partial charge in [0.15, 0.2) is 0 Å². The normalized spacial score (nSPS) is 11.5. The molecular formula is C9H7BrF3NO. The SMILES string of the molecule is Cc1cc(Br)cc(C(F)(F)F)c1C(N)=O. The van der Waals surface area contributed by atoms with E-state index in [-0.39, 0.29) is 10.0 Å². The molecule has 1 aromatic carbocycles. The molecule has 0 spiro atoms. The average Bonchev–Trinajstić information content (AvgIpc) is 1.99. The first-order valence-electron chi connectivity index (χ1n) is 3.90. The molecule has 2 N–H and O–H groups in total. The number of primary amides is 1. The second kappa shape index (κ2) is 3.84. The van der Waals surface area contributed by atoms with Crippen molar-refractivity contribution in [3.8, 4) is 0 Å². The third-order valence-corrected chi connectivity index (χ3v) is 2.31. The summed E-state index contributed by atoms with van der Waals surface area (Å²) in [6, 6.07) is 2.25. The Morgan fingerprint density at radius 2 is 1.93 bits per heavy atom. The first kappa shape index (κ1) is 12.0. The van der Waals surface area contributed by atoms with Gasteiger partial charge in [-0.05, 0) is 24.6 Å². The molecule has 0 aliphatic heterocycles. The first-order chi connectivity index (χ1) is 6.73. The summed E-state index contributed by atoms with van der Waals surface area (Å²) >= 11 is 2.94. The Morgan fingerprint density at radius 3 is 2.33 bits per heavy atom. The molecule has 1 amide bonds. The number of carbonyl (C=O) groups is 1. The highest BCUT2D eigenvalue weighted by Gasteiger charge is 2.35. The predicted octanol–water partition coefficient (Wildman–Crippen LogP) is 2.88. The summed E-state index contributed by atoms with van der Waals surface area (Å²) < 4.78 is 37.9. The van der Waals surface area contributed by atoms with Crippen molar-refractivity contribution in [1.82, 2.24) is 0 Å². The number of benzene rings is 1. The van der Waals surface area contributed by atoms with E-state index in [4.69, 9.17) is 5.73 Å². The highest BCUT2D eigenvalue weighted by Crippen LogP contribution is 2.35. The third-order valence-electron chi connectivity index (χ3n) is 1.85. The number of alkyl halides is 3. The molecule has 0 unspecified atom stereocenters. The lowest BCUT2D eigenvalue weighted by molar-refractivity contribution is -0.138. The second-order valence-corrected chi connectivity index (χ2v) is 3.92. The zero-order valence-corrected chi connectivity index (χ0v) is 9.24. The van der Waals surface area contributed by atoms with Gasteiger partial charge >= 0.3 is 6.18 Å². The number of halogens is 4. The molecular weight excluding hydrogens is 275 g/mol. The van der Waals surface area contributed by atoms with Gasteiger partial charge < -0.3 is 5.73 Å². The summed E-state index contributed by atoms with van der Waals surface area (Å²) in [7, 11) is 0. The summed E-state index contributed by atoms with van der Waals surface area (Å²) in [6.45, 7) is 1.40. The summed E-state index contributed by atoms with van der Waals surface area (Å²) in [5.74, 6) is -1.08. The highest BCUT2D eigenvalue weighted by atomic mass is 79.9. The minimum Gasteiger partial charge on any atom is -0.366 e. The van der Waals surface area contributed by atoms with Gasteiger partial charge in [0.1, 0.15) is 0 Å². The minimum absolute atomic E-state index is 0.198. The fourth-order valence-corrected chi connectivity index (χ4v) is 1.87. The van der Waals surface area contributed by atoms with Crippen LogP contribution in [0.15, 0.2) is 16.6 Å². The maximum atomic E-state index is 12.5. The van der Waals surface area contributed by atoms with E-state index >= 15 is 0 Å². The number of hydrogen-bond acceptors (Lipinski definition) is 1. The molecule has 6 heteroatoms. The molecule has 0 aliphatic carbocycles. The minimum atomic E-state index is -4.58. The Balaban J connectivity index is 3.54. The number of hydrogen-bond donors (Lipinski definition) is 1. The van der Waals surface area contributed by atoms with Gasteiger partial charge in [-0.25, -0.2) is 0 Å². The van der Waals surface area contributed by atoms with Crippen LogP contribution in [0.5, 0.6) is 0 Å². The third kappa shape index (κ3) is 2.50. The lowest BCUT2D eigenvalue weighted by atomic mass is 10.0. The van der Waals surface area contributed by atoms with Crippen molar-refractivity contribution in [3.05, 3.63) is 33.3 Å². The smallest absolute Gasteiger partial charge is 0.366 e. The average molecular weight is 282 g/mol. The summed E-state index contributed by atoms with van der Waals surface area (Å²) in [5.41, 5.74) is 3.61. The molecule has 0 saturated heterocycles. The molecule has 0 aliphatic rings. The van der Waals surface area contributed by atoms with Gasteiger partial charge in [-0.1, -0.05) is 15.9 Å². The van der Waals surface area contributed by atoms with Crippen molar-refractivity contribution in [2.75, 3.05) is 0 Å². The van der Waals surface area contributed by atoms with E-state index in [9.17, 15) is 18.0 Å². The van der Waals surface area contributed by atoms with Crippen LogP contribution in [0.2, 0.25) is 0 Å². The number of aryl methyl sites for hydroxylation is 1. The number of carbonyl (C=O) groups excluding carboxylic acids is 1. The molecule has 0 saturated carbocycles. The van der Waals surface area contributed by atoms with Gasteiger partial charge in [-0.3, -0.25) is 4.79 Å². The van der Waals surface area contributed by atoms with Gasteiger partial charge in [-0.2, -0.15) is 13.2 Å². The largest absolute Gasteiger partial charge is 0.417 e. The molecule has 0 atom stereocenters. The van der Waals surface area contributed by atoms with Crippen LogP contribution in [0.4, 0.5) is 13.2 Å². The maximum absolute atomic E-state index is 12.5. The molecule has 0 bridgehead atoms. The van der Waals surface area contributed by atoms with Crippen LogP contribution in [0.25, 0.3) is 0 Å². The van der Waals surface area contributed by atoms with Gasteiger partial charge in [-0.15, -0.1) is 0 Å². The zero-order valence-electron chi connectivity index (χ0n) is 7.65. The molecule has 0 aromatic heterocycles. The fraction of sp³-hybridized carbons (Fsp3) is 0.222. The van der Waals surface area contributed by atoms with Crippen molar-refractivity contribution in [3.63, 3.8) is 0 Å². The first-order valence-corrected chi connectivity index (χ1v) is 4.70. The van der Waals surface area contributed by atoms with E-state index in [2.05, 4.69) is 15.9 Å². The summed E-state index contributed by atoms with van der Waals surface area (Å²) in [5, 5.41) is 0. The molecule has 0 radical (unpaired) electrons. The quantitative estimate of drug-likeness (QED) is 0.845. The van der Waals surface area contributed by atoms with Gasteiger partial charge in [0.05, 0.1) is 11.1 Å². The van der Waals surface area contributed by atoms with Crippen molar-refractivity contribution in [1.29, 1.82) is 0 Å². The second-order valence-electron chi connectivity index (χ2n) is 3.01. The van der Waals surface area contributed by atoms with Gasteiger partial charge in [0, 0.05) is 4.47 Å². The van der Waals surface area contributed by atoms with Crippen molar-refractivity contribution < 1.29 is 18.0 Å². The lowest BCUT2D eigenvalue weighted by Crippen LogP contribution is -2.20. The van der Waals surface area contributed by atoms with Crippen LogP contribution in [-0.2, 0) is 6.18 Å². The number of nitrogens with two attached hydrogens (primary N) is 1. The number of amides is 1. The topological polar surface area (TPSA) is 43.1 Å². The standard InChI is InChI=1S/C9H7BrF3NO/c1-4-2-5(10)3-6(9(11,12)13)7(4)8(14)15/h2-3H,1H3,(H2,14,15). The summed E-state index contributed by atoms with van der Waals surface area (Å²) in [4.78, 5) is 10.9. The van der Waals surface area contributed by atoms with Crippen LogP contribution in [0, 0.1) is 6.92 Å². The molecule has 1 rings (SSSR count). The molecule has 0 fully saturated rings. The molecule has 2 nitrogen and oxygen atoms in total. The van der Waals surface area contributed by atoms with Crippen molar-refractivity contribution >= 4 is 21.8 Å². The monoisotopic (exact) mass is 281 g/mol. The Labute approximate surface area is 92.4 Å². The van der Waals surface area contributed by atoms with Crippen molar-refractivity contribution in [2.45, 2.75) is 13.1 Å². The zero-order chi connectivity index (χ0) is 11.8. The van der Waals surface area contributed by atoms with Gasteiger partial charge in [0.2, 0.25) is 5.91 Å². The molecule has 0 heterocycles. The highest BCUT2D eigenvalue weighted by molar-refractivity contribution is 9.10. The fourth-order valence-electron chi connectivity index (χ4n) is 1.29. The van der Waals surface area contributed by atoms with Crippen LogP contribution in [-0.4, -0.2) is 5.91 Å². The Bertz CT molecular complexity index is 415. The lowest BCUT2D eigenvalue weighted by Gasteiger charge is -2.13. The predicted molar refractivity (Wildman–Crippen MR) is 52.4 cm³/mol. The van der Waals surface area contributed by atoms with Gasteiger partial charge in [0.25, 0.3) is 0 Å². The molecule has 1 aromatic rings. The van der Waals surface area contributed by atoms with E-state index in [0.717, 1.165) is 6.07 Å². The number of rotatable bonds is 1. The van der Waals surface area contributed by atoms with Crippen LogP contribution < -0.4 is 5.73 Å². The Kier molecular flexibility index (Phi) is 3.08. The molecule has 82 valence electrons. The Hall–Kier alpha value is -1.04. The summed E-state index contributed by atoms with van der Waals surface area (Å²) in [6.07, 6.45) is -4.58. The van der Waals surface area contributed by atoms with Crippen LogP contribution in [0.1, 0.15) is 21.5 Å². The van der Waals surface area contributed by atoms with E-state index in [0.29, 0.717) is 0 Å².